The largest absolute Gasteiger partial charge is 0.416 e. The molecule has 4 saturated carbocycles. The molecule has 2 amide bonds. The molecule has 7 nitrogen and oxygen atoms in total. The lowest BCUT2D eigenvalue weighted by atomic mass is 9.46. The highest BCUT2D eigenvalue weighted by atomic mass is 32.2. The SMILES string of the molecule is CC(C)(NS(=O)(=O)c1ccc(C(F)(F)F)cc1)C(=O)NC12CC3CC(C1)CC(C(N)=O)(C3)C2. The molecule has 0 saturated heterocycles. The van der Waals surface area contributed by atoms with E-state index in [0.717, 1.165) is 31.4 Å². The lowest BCUT2D eigenvalue weighted by molar-refractivity contribution is -0.151. The van der Waals surface area contributed by atoms with E-state index in [1.165, 1.54) is 13.8 Å². The Hall–Kier alpha value is -2.14. The molecule has 182 valence electrons. The summed E-state index contributed by atoms with van der Waals surface area (Å²) in [6.45, 7) is 2.79. The average molecular weight is 488 g/mol. The molecule has 4 bridgehead atoms. The minimum atomic E-state index is -4.59. The van der Waals surface area contributed by atoms with Gasteiger partial charge in [-0.2, -0.15) is 17.9 Å². The first kappa shape index (κ1) is 24.0. The van der Waals surface area contributed by atoms with Crippen molar-refractivity contribution in [2.45, 2.75) is 74.5 Å². The summed E-state index contributed by atoms with van der Waals surface area (Å²) in [7, 11) is -4.27. The van der Waals surface area contributed by atoms with E-state index in [2.05, 4.69) is 10.0 Å². The van der Waals surface area contributed by atoms with Gasteiger partial charge in [0.05, 0.1) is 15.9 Å². The first-order valence-corrected chi connectivity index (χ1v) is 12.4. The summed E-state index contributed by atoms with van der Waals surface area (Å²) in [6, 6.07) is 3.07. The van der Waals surface area contributed by atoms with Gasteiger partial charge in [-0.1, -0.05) is 0 Å². The minimum Gasteiger partial charge on any atom is -0.369 e. The number of halogens is 3. The number of sulfonamides is 1. The van der Waals surface area contributed by atoms with Crippen molar-refractivity contribution in [3.8, 4) is 0 Å². The number of amides is 2. The summed E-state index contributed by atoms with van der Waals surface area (Å²) in [5, 5.41) is 3.03. The van der Waals surface area contributed by atoms with Gasteiger partial charge in [0.2, 0.25) is 21.8 Å². The Bertz CT molecular complexity index is 1070. The number of hydrogen-bond donors (Lipinski definition) is 3. The van der Waals surface area contributed by atoms with Gasteiger partial charge in [0.15, 0.2) is 0 Å². The van der Waals surface area contributed by atoms with E-state index >= 15 is 0 Å². The monoisotopic (exact) mass is 487 g/mol. The van der Waals surface area contributed by atoms with Crippen LogP contribution in [-0.2, 0) is 25.8 Å². The second-order valence-electron chi connectivity index (χ2n) is 10.6. The third-order valence-electron chi connectivity index (χ3n) is 7.41. The van der Waals surface area contributed by atoms with Crippen molar-refractivity contribution in [2.75, 3.05) is 0 Å². The number of carbonyl (C=O) groups excluding carboxylic acids is 2. The smallest absolute Gasteiger partial charge is 0.369 e. The molecule has 5 rings (SSSR count). The van der Waals surface area contributed by atoms with E-state index in [4.69, 9.17) is 5.73 Å². The molecular formula is C22H28F3N3O4S. The van der Waals surface area contributed by atoms with Crippen molar-refractivity contribution >= 4 is 21.8 Å². The number of rotatable bonds is 6. The van der Waals surface area contributed by atoms with Gasteiger partial charge in [-0.05, 0) is 88.5 Å². The predicted octanol–water partition coefficient (Wildman–Crippen LogP) is 2.70. The number of hydrogen-bond acceptors (Lipinski definition) is 4. The Balaban J connectivity index is 1.51. The molecule has 4 aliphatic rings. The lowest BCUT2D eigenvalue weighted by Crippen LogP contribution is -2.68. The number of alkyl halides is 3. The van der Waals surface area contributed by atoms with E-state index in [-0.39, 0.29) is 22.6 Å². The quantitative estimate of drug-likeness (QED) is 0.572. The van der Waals surface area contributed by atoms with Crippen molar-refractivity contribution < 1.29 is 31.2 Å². The van der Waals surface area contributed by atoms with Crippen molar-refractivity contribution in [3.63, 3.8) is 0 Å². The summed E-state index contributed by atoms with van der Waals surface area (Å²) in [5.74, 6) is -0.339. The Morgan fingerprint density at radius 2 is 1.58 bits per heavy atom. The van der Waals surface area contributed by atoms with Crippen LogP contribution in [0.2, 0.25) is 0 Å². The zero-order valence-corrected chi connectivity index (χ0v) is 19.3. The molecule has 33 heavy (non-hydrogen) atoms. The van der Waals surface area contributed by atoms with Crippen molar-refractivity contribution in [3.05, 3.63) is 29.8 Å². The van der Waals surface area contributed by atoms with E-state index < -0.39 is 44.2 Å². The second-order valence-corrected chi connectivity index (χ2v) is 12.3. The van der Waals surface area contributed by atoms with Gasteiger partial charge in [0.1, 0.15) is 5.54 Å². The van der Waals surface area contributed by atoms with Gasteiger partial charge in [-0.3, -0.25) is 9.59 Å². The standard InChI is InChI=1S/C22H28F3N3O4S/c1-19(2,28-33(31,32)16-5-3-15(4-6-16)22(23,24)25)18(30)27-21-10-13-7-14(11-21)9-20(8-13,12-21)17(26)29/h3-6,13-14,28H,7-12H2,1-2H3,(H2,26,29)(H,27,30). The van der Waals surface area contributed by atoms with Gasteiger partial charge in [-0.25, -0.2) is 8.42 Å². The van der Waals surface area contributed by atoms with Crippen LogP contribution in [0.1, 0.15) is 57.9 Å². The van der Waals surface area contributed by atoms with E-state index in [1.807, 2.05) is 0 Å². The summed E-state index contributed by atoms with van der Waals surface area (Å²) in [6.07, 6.45) is -0.278. The molecule has 4 aliphatic carbocycles. The number of nitrogens with two attached hydrogens (primary N) is 1. The molecule has 2 unspecified atom stereocenters. The van der Waals surface area contributed by atoms with Crippen molar-refractivity contribution in [1.29, 1.82) is 0 Å². The second kappa shape index (κ2) is 7.43. The molecular weight excluding hydrogens is 459 g/mol. The maximum absolute atomic E-state index is 13.2. The maximum Gasteiger partial charge on any atom is 0.416 e. The molecule has 0 aliphatic heterocycles. The van der Waals surface area contributed by atoms with Gasteiger partial charge >= 0.3 is 6.18 Å². The minimum absolute atomic E-state index is 0.283. The Kier molecular flexibility index (Phi) is 5.40. The Morgan fingerprint density at radius 3 is 2.06 bits per heavy atom. The average Bonchev–Trinajstić information content (AvgIpc) is 2.65. The first-order chi connectivity index (χ1) is 15.1. The van der Waals surface area contributed by atoms with Crippen LogP contribution in [0, 0.1) is 17.3 Å². The third-order valence-corrected chi connectivity index (χ3v) is 9.08. The van der Waals surface area contributed by atoms with E-state index in [9.17, 15) is 31.2 Å². The van der Waals surface area contributed by atoms with Crippen LogP contribution >= 0.6 is 0 Å². The van der Waals surface area contributed by atoms with Crippen molar-refractivity contribution in [2.24, 2.45) is 23.0 Å². The predicted molar refractivity (Wildman–Crippen MR) is 113 cm³/mol. The molecule has 2 atom stereocenters. The number of benzene rings is 1. The maximum atomic E-state index is 13.2. The van der Waals surface area contributed by atoms with Crippen molar-refractivity contribution in [1.82, 2.24) is 10.0 Å². The molecule has 0 aromatic heterocycles. The van der Waals surface area contributed by atoms with E-state index in [1.54, 1.807) is 0 Å². The summed E-state index contributed by atoms with van der Waals surface area (Å²) < 4.78 is 66.2. The number of carbonyl (C=O) groups is 2. The number of primary amides is 1. The van der Waals surface area contributed by atoms with Crippen LogP contribution in [0.5, 0.6) is 0 Å². The van der Waals surface area contributed by atoms with Gasteiger partial charge in [-0.15, -0.1) is 0 Å². The third kappa shape index (κ3) is 4.37. The zero-order chi connectivity index (χ0) is 24.4. The first-order valence-electron chi connectivity index (χ1n) is 10.9. The molecule has 1 aromatic carbocycles. The molecule has 4 N–H and O–H groups in total. The van der Waals surface area contributed by atoms with Crippen LogP contribution < -0.4 is 15.8 Å². The highest BCUT2D eigenvalue weighted by molar-refractivity contribution is 7.89. The summed E-state index contributed by atoms with van der Waals surface area (Å²) >= 11 is 0. The van der Waals surface area contributed by atoms with Gasteiger partial charge in [0, 0.05) is 5.54 Å². The van der Waals surface area contributed by atoms with Crippen LogP contribution in [0.15, 0.2) is 29.2 Å². The summed E-state index contributed by atoms with van der Waals surface area (Å²) in [4.78, 5) is 25.1. The Morgan fingerprint density at radius 1 is 1.03 bits per heavy atom. The molecule has 0 heterocycles. The molecule has 11 heteroatoms. The van der Waals surface area contributed by atoms with Crippen LogP contribution in [0.3, 0.4) is 0 Å². The highest BCUT2D eigenvalue weighted by Gasteiger charge is 2.61. The molecule has 4 fully saturated rings. The van der Waals surface area contributed by atoms with E-state index in [0.29, 0.717) is 31.4 Å². The van der Waals surface area contributed by atoms with Crippen LogP contribution in [-0.4, -0.2) is 31.3 Å². The molecule has 1 aromatic rings. The molecule has 0 radical (unpaired) electrons. The lowest BCUT2D eigenvalue weighted by Gasteiger charge is -2.61. The fraction of sp³-hybridized carbons (Fsp3) is 0.636. The fourth-order valence-electron chi connectivity index (χ4n) is 6.36. The van der Waals surface area contributed by atoms with Gasteiger partial charge in [0.25, 0.3) is 0 Å². The fourth-order valence-corrected chi connectivity index (χ4v) is 7.74. The Labute approximate surface area is 190 Å². The van der Waals surface area contributed by atoms with Crippen LogP contribution in [0.4, 0.5) is 13.2 Å². The highest BCUT2D eigenvalue weighted by Crippen LogP contribution is 2.61. The molecule has 0 spiro atoms. The zero-order valence-electron chi connectivity index (χ0n) is 18.5. The van der Waals surface area contributed by atoms with Gasteiger partial charge < -0.3 is 11.1 Å². The topological polar surface area (TPSA) is 118 Å². The number of nitrogens with one attached hydrogen (secondary N) is 2. The van der Waals surface area contributed by atoms with Crippen LogP contribution in [0.25, 0.3) is 0 Å². The summed E-state index contributed by atoms with van der Waals surface area (Å²) in [5.41, 5.74) is 1.94. The normalized spacial score (nSPS) is 31.4.